The molecule has 0 aliphatic carbocycles. The Kier molecular flexibility index (Phi) is 8.39. The van der Waals surface area contributed by atoms with Crippen LogP contribution in [0.2, 0.25) is 0 Å². The van der Waals surface area contributed by atoms with Gasteiger partial charge in [-0.2, -0.15) is 4.98 Å². The van der Waals surface area contributed by atoms with Gasteiger partial charge >= 0.3 is 6.16 Å². The molecule has 4 aromatic rings. The van der Waals surface area contributed by atoms with Gasteiger partial charge in [-0.25, -0.2) is 9.78 Å². The topological polar surface area (TPSA) is 154 Å². The lowest BCUT2D eigenvalue weighted by atomic mass is 10.0. The van der Waals surface area contributed by atoms with Gasteiger partial charge < -0.3 is 35.0 Å². The van der Waals surface area contributed by atoms with Crippen molar-refractivity contribution < 1.29 is 23.7 Å². The molecule has 0 aliphatic heterocycles. The summed E-state index contributed by atoms with van der Waals surface area (Å²) in [5.74, 6) is 7.44. The number of pyridine rings is 1. The number of benzene rings is 2. The molecule has 0 saturated carbocycles. The van der Waals surface area contributed by atoms with E-state index in [2.05, 4.69) is 21.8 Å². The number of hydrogen-bond donors (Lipinski definition) is 2. The summed E-state index contributed by atoms with van der Waals surface area (Å²) < 4.78 is 22.9. The van der Waals surface area contributed by atoms with Gasteiger partial charge in [0.2, 0.25) is 11.4 Å². The quantitative estimate of drug-likeness (QED) is 0.261. The van der Waals surface area contributed by atoms with Crippen molar-refractivity contribution in [3.05, 3.63) is 75.2 Å². The van der Waals surface area contributed by atoms with Gasteiger partial charge in [-0.1, -0.05) is 11.8 Å². The molecule has 0 amide bonds. The number of rotatable bonds is 7. The third-order valence-corrected chi connectivity index (χ3v) is 6.04. The van der Waals surface area contributed by atoms with Gasteiger partial charge in [-0.05, 0) is 49.7 Å². The highest BCUT2D eigenvalue weighted by Gasteiger charge is 2.15. The van der Waals surface area contributed by atoms with Crippen molar-refractivity contribution in [3.63, 3.8) is 0 Å². The first-order valence-corrected chi connectivity index (χ1v) is 12.4. The number of methoxy groups -OCH3 is 2. The number of nitrogens with two attached hydrogens (primary N) is 2. The fraction of sp³-hybridized carbons (Fsp3) is 0.241. The maximum absolute atomic E-state index is 13.2. The molecule has 0 unspecified atom stereocenters. The molecule has 206 valence electrons. The molecular weight excluding hydrogens is 514 g/mol. The van der Waals surface area contributed by atoms with Crippen molar-refractivity contribution in [1.29, 1.82) is 0 Å². The second kappa shape index (κ2) is 12.1. The number of nitrogens with zero attached hydrogens (tertiary/aromatic N) is 3. The number of hydrogen-bond acceptors (Lipinski definition) is 10. The lowest BCUT2D eigenvalue weighted by Gasteiger charge is -2.13. The van der Waals surface area contributed by atoms with Crippen molar-refractivity contribution in [2.24, 2.45) is 0 Å². The molecule has 0 saturated heterocycles. The van der Waals surface area contributed by atoms with Crippen molar-refractivity contribution in [2.45, 2.75) is 26.8 Å². The predicted molar refractivity (Wildman–Crippen MR) is 151 cm³/mol. The number of fused-ring (bicyclic) bond motifs is 1. The fourth-order valence-electron chi connectivity index (χ4n) is 4.17. The zero-order chi connectivity index (χ0) is 28.8. The molecule has 0 bridgehead atoms. The number of carbonyl (C=O) groups excluding carboxylic acids is 1. The Balaban J connectivity index is 1.76. The Morgan fingerprint density at radius 1 is 1.05 bits per heavy atom. The van der Waals surface area contributed by atoms with Crippen molar-refractivity contribution in [3.8, 4) is 29.1 Å². The molecule has 2 heterocycles. The predicted octanol–water partition coefficient (Wildman–Crippen LogP) is 3.52. The van der Waals surface area contributed by atoms with Crippen LogP contribution in [-0.4, -0.2) is 41.5 Å². The SMILES string of the molecule is CCOC(=O)Oc1cn(CC)c2ccc(C#Cc3cc(Cc4cnc(N)nc4N)cc(OC)c3OC)cc2c1=O. The number of nitrogen functional groups attached to an aromatic ring is 2. The Morgan fingerprint density at radius 2 is 1.85 bits per heavy atom. The van der Waals surface area contributed by atoms with Crippen LogP contribution in [0.25, 0.3) is 10.9 Å². The normalized spacial score (nSPS) is 10.5. The van der Waals surface area contributed by atoms with E-state index in [-0.39, 0.29) is 24.1 Å². The number of aryl methyl sites for hydroxylation is 1. The van der Waals surface area contributed by atoms with Crippen molar-refractivity contribution in [1.82, 2.24) is 14.5 Å². The Labute approximate surface area is 230 Å². The van der Waals surface area contributed by atoms with Crippen LogP contribution in [0.3, 0.4) is 0 Å². The Hall–Kier alpha value is -5.24. The first kappa shape index (κ1) is 27.8. The molecule has 0 atom stereocenters. The fourth-order valence-corrected chi connectivity index (χ4v) is 4.17. The number of ether oxygens (including phenoxy) is 4. The maximum atomic E-state index is 13.2. The average molecular weight is 544 g/mol. The van der Waals surface area contributed by atoms with Crippen LogP contribution in [0, 0.1) is 11.8 Å². The second-order valence-corrected chi connectivity index (χ2v) is 8.57. The van der Waals surface area contributed by atoms with E-state index in [1.165, 1.54) is 20.4 Å². The summed E-state index contributed by atoms with van der Waals surface area (Å²) in [7, 11) is 3.07. The molecule has 11 heteroatoms. The summed E-state index contributed by atoms with van der Waals surface area (Å²) in [6.07, 6.45) is 2.55. The van der Waals surface area contributed by atoms with Gasteiger partial charge in [0.05, 0.1) is 43.5 Å². The molecule has 0 radical (unpaired) electrons. The summed E-state index contributed by atoms with van der Waals surface area (Å²) in [6.45, 7) is 4.25. The van der Waals surface area contributed by atoms with E-state index in [0.717, 1.165) is 5.56 Å². The highest BCUT2D eigenvalue weighted by Crippen LogP contribution is 2.33. The molecular formula is C29H29N5O6. The number of carbonyl (C=O) groups is 1. The lowest BCUT2D eigenvalue weighted by Crippen LogP contribution is -2.18. The van der Waals surface area contributed by atoms with E-state index < -0.39 is 11.6 Å². The summed E-state index contributed by atoms with van der Waals surface area (Å²) in [4.78, 5) is 33.1. The zero-order valence-electron chi connectivity index (χ0n) is 22.6. The molecule has 0 aliphatic rings. The monoisotopic (exact) mass is 543 g/mol. The van der Waals surface area contributed by atoms with Gasteiger partial charge in [0.25, 0.3) is 0 Å². The van der Waals surface area contributed by atoms with E-state index in [1.807, 2.05) is 29.7 Å². The standard InChI is InChI=1S/C29H29N5O6/c1-5-34-16-24(40-29(36)39-6-2)25(35)21-13-17(8-10-22(21)34)7-9-19-11-18(14-23(37-3)26(19)38-4)12-20-15-32-28(31)33-27(20)30/h8,10-11,13-16H,5-6,12H2,1-4H3,(H4,30,31,32,33). The second-order valence-electron chi connectivity index (χ2n) is 8.57. The van der Waals surface area contributed by atoms with Gasteiger partial charge in [0, 0.05) is 30.3 Å². The zero-order valence-corrected chi connectivity index (χ0v) is 22.6. The molecule has 11 nitrogen and oxygen atoms in total. The highest BCUT2D eigenvalue weighted by atomic mass is 16.7. The summed E-state index contributed by atoms with van der Waals surface area (Å²) in [5, 5.41) is 0.354. The number of anilines is 2. The van der Waals surface area contributed by atoms with Gasteiger partial charge in [-0.15, -0.1) is 0 Å². The lowest BCUT2D eigenvalue weighted by molar-refractivity contribution is 0.104. The van der Waals surface area contributed by atoms with Crippen molar-refractivity contribution in [2.75, 3.05) is 32.3 Å². The van der Waals surface area contributed by atoms with Crippen molar-refractivity contribution >= 4 is 28.8 Å². The number of aromatic nitrogens is 3. The van der Waals surface area contributed by atoms with Crippen LogP contribution in [-0.2, 0) is 17.7 Å². The van der Waals surface area contributed by atoms with Crippen LogP contribution in [0.15, 0.2) is 47.5 Å². The average Bonchev–Trinajstić information content (AvgIpc) is 2.94. The van der Waals surface area contributed by atoms with Crippen LogP contribution in [0.1, 0.15) is 36.1 Å². The largest absolute Gasteiger partial charge is 0.514 e. The first-order chi connectivity index (χ1) is 19.3. The van der Waals surface area contributed by atoms with Crippen LogP contribution < -0.4 is 31.1 Å². The molecule has 2 aromatic heterocycles. The Morgan fingerprint density at radius 3 is 2.52 bits per heavy atom. The first-order valence-electron chi connectivity index (χ1n) is 12.4. The van der Waals surface area contributed by atoms with E-state index in [0.29, 0.717) is 52.1 Å². The van der Waals surface area contributed by atoms with E-state index >= 15 is 0 Å². The molecule has 0 fully saturated rings. The summed E-state index contributed by atoms with van der Waals surface area (Å²) >= 11 is 0. The molecule has 0 spiro atoms. The van der Waals surface area contributed by atoms with Gasteiger partial charge in [0.1, 0.15) is 5.82 Å². The van der Waals surface area contributed by atoms with E-state index in [4.69, 9.17) is 30.4 Å². The maximum Gasteiger partial charge on any atom is 0.514 e. The van der Waals surface area contributed by atoms with E-state index in [1.54, 1.807) is 25.3 Å². The summed E-state index contributed by atoms with van der Waals surface area (Å²) in [6, 6.07) is 8.97. The molecule has 4 rings (SSSR count). The molecule has 2 aromatic carbocycles. The third kappa shape index (κ3) is 5.91. The minimum atomic E-state index is -0.939. The minimum absolute atomic E-state index is 0.0979. The van der Waals surface area contributed by atoms with E-state index in [9.17, 15) is 9.59 Å². The van der Waals surface area contributed by atoms with Crippen LogP contribution >= 0.6 is 0 Å². The van der Waals surface area contributed by atoms with Crippen LogP contribution in [0.5, 0.6) is 17.2 Å². The third-order valence-electron chi connectivity index (χ3n) is 6.04. The molecule has 4 N–H and O–H groups in total. The smallest absolute Gasteiger partial charge is 0.493 e. The Bertz CT molecular complexity index is 1700. The summed E-state index contributed by atoms with van der Waals surface area (Å²) in [5.41, 5.74) is 14.6. The molecule has 40 heavy (non-hydrogen) atoms. The minimum Gasteiger partial charge on any atom is -0.493 e. The van der Waals surface area contributed by atoms with Gasteiger partial charge in [0.15, 0.2) is 17.2 Å². The van der Waals surface area contributed by atoms with Crippen LogP contribution in [0.4, 0.5) is 16.6 Å². The van der Waals surface area contributed by atoms with Gasteiger partial charge in [-0.3, -0.25) is 4.79 Å². The highest BCUT2D eigenvalue weighted by molar-refractivity contribution is 5.82.